The van der Waals surface area contributed by atoms with Crippen molar-refractivity contribution in [3.8, 4) is 23.0 Å². The first-order valence-corrected chi connectivity index (χ1v) is 40.9. The zero-order chi connectivity index (χ0) is 83.1. The molecule has 0 atom stereocenters. The summed E-state index contributed by atoms with van der Waals surface area (Å²) in [4.78, 5) is 74.6. The van der Waals surface area contributed by atoms with E-state index >= 15 is 0 Å². The lowest BCUT2D eigenvalue weighted by Gasteiger charge is -2.28. The van der Waals surface area contributed by atoms with E-state index in [1.165, 1.54) is 19.2 Å². The summed E-state index contributed by atoms with van der Waals surface area (Å²) in [6.07, 6.45) is 7.27. The zero-order valence-electron chi connectivity index (χ0n) is 63.5. The first-order chi connectivity index (χ1) is 57.0. The number of anilines is 8. The van der Waals surface area contributed by atoms with Crippen LogP contribution in [-0.4, -0.2) is 211 Å². The Morgan fingerprint density at radius 3 is 1.01 bits per heavy atom. The number of pyridine rings is 4. The van der Waals surface area contributed by atoms with Crippen molar-refractivity contribution in [2.75, 3.05) is 134 Å². The second-order valence-corrected chi connectivity index (χ2v) is 31.7. The Kier molecular flexibility index (Phi) is 28.9. The zero-order valence-corrected chi connectivity index (χ0v) is 70.6. The molecule has 0 unspecified atom stereocenters. The smallest absolute Gasteiger partial charge is 0.341 e. The number of halogens is 5. The minimum atomic E-state index is -1.22. The van der Waals surface area contributed by atoms with E-state index in [2.05, 4.69) is 125 Å². The molecule has 8 aromatic carbocycles. The second kappa shape index (κ2) is 39.9. The molecule has 4 saturated heterocycles. The molecule has 4 aromatic heterocycles. The van der Waals surface area contributed by atoms with Gasteiger partial charge in [-0.3, -0.25) is 39.5 Å². The van der Waals surface area contributed by atoms with Crippen molar-refractivity contribution in [2.24, 2.45) is 0 Å². The average Bonchev–Trinajstić information content (AvgIpc) is 0.792. The van der Waals surface area contributed by atoms with Crippen LogP contribution in [0.25, 0.3) is 43.6 Å². The molecule has 0 saturated carbocycles. The van der Waals surface area contributed by atoms with Crippen LogP contribution in [0.2, 0.25) is 5.02 Å². The Morgan fingerprint density at radius 1 is 0.390 bits per heavy atom. The van der Waals surface area contributed by atoms with Gasteiger partial charge in [0, 0.05) is 166 Å². The number of ether oxygens (including phenoxy) is 5. The number of rotatable bonds is 21. The summed E-state index contributed by atoms with van der Waals surface area (Å²) < 4.78 is 30.1. The van der Waals surface area contributed by atoms with E-state index in [-0.39, 0.29) is 39.5 Å². The molecule has 28 nitrogen and oxygen atoms in total. The summed E-state index contributed by atoms with van der Waals surface area (Å²) in [5.41, 5.74) is 10.9. The van der Waals surface area contributed by atoms with Gasteiger partial charge in [0.25, 0.3) is 0 Å². The largest absolute Gasteiger partial charge is 0.507 e. The van der Waals surface area contributed by atoms with Gasteiger partial charge < -0.3 is 80.7 Å². The molecule has 118 heavy (non-hydrogen) atoms. The van der Waals surface area contributed by atoms with Crippen molar-refractivity contribution >= 4 is 188 Å². The molecule has 16 rings (SSSR count). The summed E-state index contributed by atoms with van der Waals surface area (Å²) in [6.45, 7) is 14.7. The lowest BCUT2D eigenvalue weighted by atomic mass is 10.1. The number of benzene rings is 8. The molecule has 4 aliphatic rings. The van der Waals surface area contributed by atoms with Gasteiger partial charge in [0.1, 0.15) is 45.3 Å². The molecule has 0 radical (unpaired) electrons. The Morgan fingerprint density at radius 2 is 0.686 bits per heavy atom. The number of methoxy groups -OCH3 is 1. The molecule has 0 spiro atoms. The number of carboxylic acids is 4. The number of aromatic nitrogens is 4. The maximum atomic E-state index is 11.9. The van der Waals surface area contributed by atoms with Crippen LogP contribution in [0, 0.1) is 0 Å². The predicted octanol–water partition coefficient (Wildman–Crippen LogP) is 16.9. The fourth-order valence-corrected chi connectivity index (χ4v) is 15.7. The quantitative estimate of drug-likeness (QED) is 0.0318. The maximum absolute atomic E-state index is 11.9. The van der Waals surface area contributed by atoms with E-state index in [0.717, 1.165) is 154 Å². The van der Waals surface area contributed by atoms with E-state index in [0.29, 0.717) is 117 Å². The van der Waals surface area contributed by atoms with E-state index < -0.39 is 23.9 Å². The van der Waals surface area contributed by atoms with Crippen LogP contribution in [0.15, 0.2) is 182 Å². The predicted molar refractivity (Wildman–Crippen MR) is 465 cm³/mol. The summed E-state index contributed by atoms with van der Waals surface area (Å²) in [6, 6.07) is 40.4. The number of nitrogens with zero attached hydrogens (tertiary/aromatic N) is 8. The lowest BCUT2D eigenvalue weighted by Crippen LogP contribution is -2.35. The molecule has 0 bridgehead atoms. The summed E-state index contributed by atoms with van der Waals surface area (Å²) in [7, 11) is 1.47. The Balaban J connectivity index is 0.000000136. The van der Waals surface area contributed by atoms with Gasteiger partial charge in [-0.05, 0) is 137 Å². The molecule has 33 heteroatoms. The van der Waals surface area contributed by atoms with E-state index in [1.807, 2.05) is 79.3 Å². The minimum absolute atomic E-state index is 0.0947. The average molecular weight is 1880 g/mol. The normalized spacial score (nSPS) is 14.7. The van der Waals surface area contributed by atoms with Crippen molar-refractivity contribution in [3.05, 3.63) is 232 Å². The van der Waals surface area contributed by atoms with Crippen LogP contribution in [-0.2, 0) is 45.1 Å². The second-order valence-electron chi connectivity index (χ2n) is 27.7. The molecule has 0 aliphatic carbocycles. The van der Waals surface area contributed by atoms with Gasteiger partial charge in [0.2, 0.25) is 0 Å². The molecule has 612 valence electrons. The van der Waals surface area contributed by atoms with Gasteiger partial charge in [-0.2, -0.15) is 0 Å². The van der Waals surface area contributed by atoms with E-state index in [4.69, 9.17) is 35.3 Å². The molecule has 11 N–H and O–H groups in total. The molecule has 4 fully saturated rings. The van der Waals surface area contributed by atoms with Crippen LogP contribution in [0.1, 0.15) is 63.7 Å². The van der Waals surface area contributed by atoms with Gasteiger partial charge in [-0.1, -0.05) is 77.6 Å². The molecular weight excluding hydrogens is 1800 g/mol. The molecular formula is C85H81Br4ClN12O16. The fraction of sp³-hybridized carbons (Fsp3) is 0.247. The third-order valence-electron chi connectivity index (χ3n) is 20.0. The highest BCUT2D eigenvalue weighted by atomic mass is 79.9. The van der Waals surface area contributed by atoms with Crippen LogP contribution in [0.3, 0.4) is 0 Å². The SMILES string of the molecule is COc1cccc(Nc2c(CN3CCOCC3)cnc3ccc(Br)cc23)c1C(=O)O.O=C(O)c1c(Nc2c(CN3CCOCC3)cnc3ccc(Br)cc23)ccc(Br)c1O.O=C(O)c1c(O)cccc1Nc1c(CN2CCOCC2)cnc2ccc(Br)cc12.O=C(O)c1c(O)cccc1Nc1c(CN2CCOCC2)cnc2ccc(Cl)cc12. The van der Waals surface area contributed by atoms with Crippen LogP contribution < -0.4 is 26.0 Å². The number of nitrogens with one attached hydrogen (secondary N) is 4. The summed E-state index contributed by atoms with van der Waals surface area (Å²) in [5.74, 6) is -5.26. The van der Waals surface area contributed by atoms with E-state index in [9.17, 15) is 54.9 Å². The van der Waals surface area contributed by atoms with Gasteiger partial charge in [0.15, 0.2) is 0 Å². The van der Waals surface area contributed by atoms with Crippen molar-refractivity contribution in [2.45, 2.75) is 26.2 Å². The molecule has 12 aromatic rings. The third kappa shape index (κ3) is 21.0. The monoisotopic (exact) mass is 1880 g/mol. The lowest BCUT2D eigenvalue weighted by molar-refractivity contribution is 0.0342. The number of hydrogen-bond acceptors (Lipinski definition) is 24. The molecule has 8 heterocycles. The van der Waals surface area contributed by atoms with Gasteiger partial charge >= 0.3 is 23.9 Å². The standard InChI is InChI=1S/C22H22BrN3O4.C21H19Br2N3O4.C21H20BrN3O4.C21H20ClN3O4/c1-29-19-4-2-3-18(20(19)22(27)28)25-21-14(13-26-7-9-30-10-8-26)12-24-17-6-5-15(23)11-16(17)21;22-13-1-3-16-14(9-13)19(12(10-24-16)11-26-5-7-30-8-6-26)25-17-4-2-15(23)20(27)18(17)21(28)29;2*22-14-4-5-16-15(10-14)20(13(11-23-16)12-25-6-8-29-9-7-25)24-17-2-1-3-18(26)19(17)21(27)28/h2-6,11-12H,7-10,13H2,1H3,(H,24,25)(H,27,28);1-4,9-10,27H,5-8,11H2,(H,24,25)(H,28,29);2*1-5,10-11,26H,6-9,12H2,(H,23,24)(H,27,28). The topological polar surface area (TPSA) is 369 Å². The third-order valence-corrected chi connectivity index (χ3v) is 22.3. The maximum Gasteiger partial charge on any atom is 0.341 e. The van der Waals surface area contributed by atoms with Crippen molar-refractivity contribution in [3.63, 3.8) is 0 Å². The Hall–Kier alpha value is -10.4. The first-order valence-electron chi connectivity index (χ1n) is 37.4. The molecule has 4 aliphatic heterocycles. The van der Waals surface area contributed by atoms with Crippen LogP contribution >= 0.6 is 75.3 Å². The van der Waals surface area contributed by atoms with Crippen molar-refractivity contribution in [1.82, 2.24) is 39.5 Å². The van der Waals surface area contributed by atoms with E-state index in [1.54, 1.807) is 72.9 Å². The highest BCUT2D eigenvalue weighted by molar-refractivity contribution is 9.11. The highest BCUT2D eigenvalue weighted by Gasteiger charge is 2.27. The molecule has 0 amide bonds. The number of phenols is 3. The number of aromatic carboxylic acids is 4. The number of aromatic hydroxyl groups is 3. The van der Waals surface area contributed by atoms with Crippen LogP contribution in [0.5, 0.6) is 23.0 Å². The fourth-order valence-electron chi connectivity index (χ4n) is 14.1. The number of carbonyl (C=O) groups is 4. The van der Waals surface area contributed by atoms with Gasteiger partial charge in [-0.25, -0.2) is 19.2 Å². The Labute approximate surface area is 715 Å². The van der Waals surface area contributed by atoms with Crippen molar-refractivity contribution < 1.29 is 78.6 Å². The number of carboxylic acid groups (broad SMARTS) is 4. The van der Waals surface area contributed by atoms with Gasteiger partial charge in [-0.15, -0.1) is 0 Å². The Bertz CT molecular complexity index is 5550. The minimum Gasteiger partial charge on any atom is -0.507 e. The van der Waals surface area contributed by atoms with Crippen molar-refractivity contribution in [1.29, 1.82) is 0 Å². The number of fused-ring (bicyclic) bond motifs is 4. The number of hydrogen-bond donors (Lipinski definition) is 11. The summed E-state index contributed by atoms with van der Waals surface area (Å²) >= 11 is 20.0. The van der Waals surface area contributed by atoms with Crippen LogP contribution in [0.4, 0.5) is 45.5 Å². The summed E-state index contributed by atoms with van der Waals surface area (Å²) in [5, 5.41) is 86.1. The highest BCUT2D eigenvalue weighted by Crippen LogP contribution is 2.42. The van der Waals surface area contributed by atoms with Gasteiger partial charge in [0.05, 0.1) is 132 Å². The number of morpholine rings is 4. The first kappa shape index (κ1) is 85.5.